The largest absolute Gasteiger partial charge is 0.497 e. The minimum atomic E-state index is 0.393. The van der Waals surface area contributed by atoms with E-state index in [0.717, 1.165) is 23.2 Å². The van der Waals surface area contributed by atoms with E-state index in [2.05, 4.69) is 0 Å². The molecule has 4 heteroatoms. The van der Waals surface area contributed by atoms with Crippen LogP contribution in [0.2, 0.25) is 5.02 Å². The second kappa shape index (κ2) is 6.60. The van der Waals surface area contributed by atoms with Gasteiger partial charge in [0.05, 0.1) is 12.1 Å². The van der Waals surface area contributed by atoms with Crippen LogP contribution in [0.5, 0.6) is 5.75 Å². The number of hydrogen-bond acceptors (Lipinski definition) is 2. The van der Waals surface area contributed by atoms with E-state index in [9.17, 15) is 4.79 Å². The Labute approximate surface area is 127 Å². The molecule has 0 saturated heterocycles. The van der Waals surface area contributed by atoms with E-state index in [1.165, 1.54) is 0 Å². The van der Waals surface area contributed by atoms with Crippen molar-refractivity contribution >= 4 is 40.1 Å². The third-order valence-corrected chi connectivity index (χ3v) is 3.53. The van der Waals surface area contributed by atoms with E-state index in [1.54, 1.807) is 55.6 Å². The van der Waals surface area contributed by atoms with Gasteiger partial charge in [0.1, 0.15) is 5.75 Å². The van der Waals surface area contributed by atoms with Gasteiger partial charge in [-0.1, -0.05) is 35.3 Å². The van der Waals surface area contributed by atoms with Crippen LogP contribution in [0.15, 0.2) is 48.5 Å². The predicted molar refractivity (Wildman–Crippen MR) is 83.2 cm³/mol. The summed E-state index contributed by atoms with van der Waals surface area (Å²) in [5.41, 5.74) is 1.91. The fourth-order valence-electron chi connectivity index (χ4n) is 1.77. The summed E-state index contributed by atoms with van der Waals surface area (Å²) < 4.78 is 5.09. The molecule has 0 atom stereocenters. The maximum Gasteiger partial charge on any atom is 0.152 e. The van der Waals surface area contributed by atoms with Crippen LogP contribution in [-0.4, -0.2) is 13.4 Å². The molecule has 2 nitrogen and oxygen atoms in total. The van der Waals surface area contributed by atoms with Crippen LogP contribution in [0, 0.1) is 0 Å². The van der Waals surface area contributed by atoms with E-state index < -0.39 is 0 Å². The molecule has 20 heavy (non-hydrogen) atoms. The molecule has 0 saturated carbocycles. The Morgan fingerprint density at radius 3 is 2.05 bits per heavy atom. The smallest absolute Gasteiger partial charge is 0.152 e. The average molecular weight is 307 g/mol. The summed E-state index contributed by atoms with van der Waals surface area (Å²) >= 11 is 12.2. The van der Waals surface area contributed by atoms with Gasteiger partial charge in [-0.3, -0.25) is 4.79 Å². The highest BCUT2D eigenvalue weighted by Crippen LogP contribution is 2.30. The normalized spacial score (nSPS) is 11.8. The van der Waals surface area contributed by atoms with Gasteiger partial charge < -0.3 is 4.74 Å². The highest BCUT2D eigenvalue weighted by Gasteiger charge is 2.09. The molecule has 0 aromatic heterocycles. The molecule has 102 valence electrons. The molecule has 0 radical (unpaired) electrons. The molecule has 2 aromatic rings. The number of carbonyl (C=O) groups is 1. The zero-order valence-electron chi connectivity index (χ0n) is 10.8. The van der Waals surface area contributed by atoms with Gasteiger partial charge in [-0.2, -0.15) is 0 Å². The molecule has 0 N–H and O–H groups in total. The molecule has 0 aliphatic heterocycles. The lowest BCUT2D eigenvalue weighted by Crippen LogP contribution is -1.90. The number of halogens is 2. The first kappa shape index (κ1) is 14.6. The van der Waals surface area contributed by atoms with Gasteiger partial charge >= 0.3 is 0 Å². The predicted octanol–water partition coefficient (Wildman–Crippen LogP) is 4.65. The van der Waals surface area contributed by atoms with Crippen molar-refractivity contribution in [3.8, 4) is 5.75 Å². The number of rotatable bonds is 4. The number of hydrogen-bond donors (Lipinski definition) is 0. The SMILES string of the molecule is COc1ccc(/C(Cl)=C(\C=O)c2ccc(Cl)cc2)cc1. The van der Waals surface area contributed by atoms with Crippen LogP contribution in [0.4, 0.5) is 0 Å². The van der Waals surface area contributed by atoms with Gasteiger partial charge in [-0.15, -0.1) is 0 Å². The second-order valence-corrected chi connectivity index (χ2v) is 4.90. The third kappa shape index (κ3) is 3.21. The molecule has 2 rings (SSSR count). The number of benzene rings is 2. The quantitative estimate of drug-likeness (QED) is 0.467. The molecular formula is C16H12Cl2O2. The average Bonchev–Trinajstić information content (AvgIpc) is 2.50. The van der Waals surface area contributed by atoms with Crippen molar-refractivity contribution in [1.29, 1.82) is 0 Å². The van der Waals surface area contributed by atoms with Crippen molar-refractivity contribution in [2.24, 2.45) is 0 Å². The number of carbonyl (C=O) groups excluding carboxylic acids is 1. The Kier molecular flexibility index (Phi) is 4.83. The van der Waals surface area contributed by atoms with Gasteiger partial charge in [-0.05, 0) is 47.5 Å². The van der Waals surface area contributed by atoms with Crippen LogP contribution in [-0.2, 0) is 4.79 Å². The lowest BCUT2D eigenvalue weighted by atomic mass is 10.0. The summed E-state index contributed by atoms with van der Waals surface area (Å²) in [6, 6.07) is 14.2. The van der Waals surface area contributed by atoms with Gasteiger partial charge in [0.25, 0.3) is 0 Å². The van der Waals surface area contributed by atoms with Crippen LogP contribution >= 0.6 is 23.2 Å². The summed E-state index contributed by atoms with van der Waals surface area (Å²) in [4.78, 5) is 11.3. The van der Waals surface area contributed by atoms with Gasteiger partial charge in [0.2, 0.25) is 0 Å². The van der Waals surface area contributed by atoms with Crippen molar-refractivity contribution in [3.05, 3.63) is 64.7 Å². The highest BCUT2D eigenvalue weighted by atomic mass is 35.5. The molecule has 0 amide bonds. The highest BCUT2D eigenvalue weighted by molar-refractivity contribution is 6.55. The van der Waals surface area contributed by atoms with Crippen LogP contribution in [0.25, 0.3) is 10.6 Å². The van der Waals surface area contributed by atoms with Gasteiger partial charge in [0, 0.05) is 10.6 Å². The Bertz CT molecular complexity index is 629. The van der Waals surface area contributed by atoms with Gasteiger partial charge in [0.15, 0.2) is 6.29 Å². The minimum Gasteiger partial charge on any atom is -0.497 e. The number of methoxy groups -OCH3 is 1. The fraction of sp³-hybridized carbons (Fsp3) is 0.0625. The first-order chi connectivity index (χ1) is 9.65. The van der Waals surface area contributed by atoms with E-state index in [-0.39, 0.29) is 0 Å². The molecule has 0 aliphatic rings. The number of ether oxygens (including phenoxy) is 1. The fourth-order valence-corrected chi connectivity index (χ4v) is 2.17. The first-order valence-corrected chi connectivity index (χ1v) is 6.66. The summed E-state index contributed by atoms with van der Waals surface area (Å²) in [5.74, 6) is 0.734. The van der Waals surface area contributed by atoms with Crippen LogP contribution in [0.1, 0.15) is 11.1 Å². The van der Waals surface area contributed by atoms with Crippen molar-refractivity contribution in [3.63, 3.8) is 0 Å². The summed E-state index contributed by atoms with van der Waals surface area (Å²) in [6.45, 7) is 0. The minimum absolute atomic E-state index is 0.393. The lowest BCUT2D eigenvalue weighted by molar-refractivity contribution is -0.103. The zero-order valence-corrected chi connectivity index (χ0v) is 12.3. The standard InChI is InChI=1S/C16H12Cl2O2/c1-20-14-8-4-12(5-9-14)16(18)15(10-19)11-2-6-13(17)7-3-11/h2-10H,1H3/b16-15-. The van der Waals surface area contributed by atoms with Crippen LogP contribution < -0.4 is 4.74 Å². The lowest BCUT2D eigenvalue weighted by Gasteiger charge is -2.07. The molecule has 0 spiro atoms. The van der Waals surface area contributed by atoms with Crippen molar-refractivity contribution in [1.82, 2.24) is 0 Å². The molecule has 0 aliphatic carbocycles. The summed E-state index contributed by atoms with van der Waals surface area (Å²) in [7, 11) is 1.59. The topological polar surface area (TPSA) is 26.3 Å². The van der Waals surface area contributed by atoms with Crippen molar-refractivity contribution < 1.29 is 9.53 Å². The Hall–Kier alpha value is -1.77. The van der Waals surface area contributed by atoms with E-state index in [1.807, 2.05) is 0 Å². The van der Waals surface area contributed by atoms with E-state index in [4.69, 9.17) is 27.9 Å². The summed E-state index contributed by atoms with van der Waals surface area (Å²) in [6.07, 6.45) is 0.746. The van der Waals surface area contributed by atoms with E-state index in [0.29, 0.717) is 15.6 Å². The maximum absolute atomic E-state index is 11.3. The molecule has 0 unspecified atom stereocenters. The Morgan fingerprint density at radius 1 is 1.00 bits per heavy atom. The van der Waals surface area contributed by atoms with Gasteiger partial charge in [-0.25, -0.2) is 0 Å². The Balaban J connectivity index is 2.45. The second-order valence-electron chi connectivity index (χ2n) is 4.08. The monoisotopic (exact) mass is 306 g/mol. The Morgan fingerprint density at radius 2 is 1.55 bits per heavy atom. The maximum atomic E-state index is 11.3. The van der Waals surface area contributed by atoms with Crippen LogP contribution in [0.3, 0.4) is 0 Å². The number of aldehydes is 1. The first-order valence-electron chi connectivity index (χ1n) is 5.91. The van der Waals surface area contributed by atoms with Crippen molar-refractivity contribution in [2.45, 2.75) is 0 Å². The van der Waals surface area contributed by atoms with E-state index >= 15 is 0 Å². The molecule has 0 bridgehead atoms. The molecule has 0 heterocycles. The number of allylic oxidation sites excluding steroid dienone is 1. The molecule has 0 fully saturated rings. The summed E-state index contributed by atoms with van der Waals surface area (Å²) in [5, 5.41) is 1.00. The zero-order chi connectivity index (χ0) is 14.5. The molecular weight excluding hydrogens is 295 g/mol. The molecule has 2 aromatic carbocycles. The third-order valence-electron chi connectivity index (χ3n) is 2.85. The van der Waals surface area contributed by atoms with Crippen molar-refractivity contribution in [2.75, 3.05) is 7.11 Å².